The minimum absolute atomic E-state index is 0.136. The summed E-state index contributed by atoms with van der Waals surface area (Å²) in [5.41, 5.74) is 0.562. The third kappa shape index (κ3) is 2.92. The zero-order valence-electron chi connectivity index (χ0n) is 10.7. The zero-order chi connectivity index (χ0) is 14.7. The smallest absolute Gasteiger partial charge is 0.335 e. The van der Waals surface area contributed by atoms with Crippen LogP contribution >= 0.6 is 0 Å². The van der Waals surface area contributed by atoms with Gasteiger partial charge in [-0.15, -0.1) is 0 Å². The molecule has 0 saturated carbocycles. The fourth-order valence-corrected chi connectivity index (χ4v) is 1.59. The fourth-order valence-electron chi connectivity index (χ4n) is 1.59. The maximum Gasteiger partial charge on any atom is 0.335 e. The lowest BCUT2D eigenvalue weighted by Crippen LogP contribution is -2.19. The number of carboxylic acid groups (broad SMARTS) is 1. The maximum absolute atomic E-state index is 11.9. The highest BCUT2D eigenvalue weighted by Crippen LogP contribution is 2.11. The third-order valence-corrected chi connectivity index (χ3v) is 2.76. The van der Waals surface area contributed by atoms with Crippen molar-refractivity contribution in [1.82, 2.24) is 4.57 Å². The molecule has 1 amide bonds. The minimum Gasteiger partial charge on any atom is -0.478 e. The summed E-state index contributed by atoms with van der Waals surface area (Å²) in [5.74, 6) is -1.46. The first-order valence-electron chi connectivity index (χ1n) is 5.79. The molecule has 102 valence electrons. The average molecular weight is 272 g/mol. The molecule has 0 aliphatic carbocycles. The molecule has 0 aliphatic rings. The van der Waals surface area contributed by atoms with Gasteiger partial charge in [-0.25, -0.2) is 4.79 Å². The monoisotopic (exact) mass is 272 g/mol. The molecular weight excluding hydrogens is 260 g/mol. The van der Waals surface area contributed by atoms with E-state index in [0.29, 0.717) is 5.69 Å². The summed E-state index contributed by atoms with van der Waals surface area (Å²) < 4.78 is 1.36. The van der Waals surface area contributed by atoms with E-state index in [9.17, 15) is 14.4 Å². The van der Waals surface area contributed by atoms with Crippen LogP contribution in [0.2, 0.25) is 0 Å². The Balaban J connectivity index is 2.16. The summed E-state index contributed by atoms with van der Waals surface area (Å²) in [7, 11) is 1.59. The van der Waals surface area contributed by atoms with E-state index in [-0.39, 0.29) is 16.7 Å². The first-order valence-corrected chi connectivity index (χ1v) is 5.79. The van der Waals surface area contributed by atoms with Crippen LogP contribution in [0.25, 0.3) is 0 Å². The number of carbonyl (C=O) groups is 2. The van der Waals surface area contributed by atoms with Crippen LogP contribution < -0.4 is 10.9 Å². The number of hydrogen-bond acceptors (Lipinski definition) is 3. The number of anilines is 1. The number of rotatable bonds is 3. The second-order valence-corrected chi connectivity index (χ2v) is 4.20. The molecule has 0 unspecified atom stereocenters. The van der Waals surface area contributed by atoms with Gasteiger partial charge in [0, 0.05) is 30.6 Å². The van der Waals surface area contributed by atoms with E-state index < -0.39 is 11.9 Å². The van der Waals surface area contributed by atoms with Crippen molar-refractivity contribution < 1.29 is 14.7 Å². The molecule has 0 saturated heterocycles. The van der Waals surface area contributed by atoms with Crippen LogP contribution in [0.1, 0.15) is 20.7 Å². The minimum atomic E-state index is -1.03. The summed E-state index contributed by atoms with van der Waals surface area (Å²) in [4.78, 5) is 34.1. The number of aryl methyl sites for hydroxylation is 1. The molecule has 6 nitrogen and oxygen atoms in total. The van der Waals surface area contributed by atoms with Gasteiger partial charge in [-0.1, -0.05) is 0 Å². The van der Waals surface area contributed by atoms with Crippen molar-refractivity contribution in [2.75, 3.05) is 5.32 Å². The summed E-state index contributed by atoms with van der Waals surface area (Å²) in [6, 6.07) is 8.53. The predicted molar refractivity (Wildman–Crippen MR) is 73.0 cm³/mol. The van der Waals surface area contributed by atoms with Gasteiger partial charge in [0.1, 0.15) is 0 Å². The van der Waals surface area contributed by atoms with Crippen molar-refractivity contribution >= 4 is 17.6 Å². The van der Waals surface area contributed by atoms with Gasteiger partial charge in [0.15, 0.2) is 0 Å². The Morgan fingerprint density at radius 1 is 1.10 bits per heavy atom. The Labute approximate surface area is 114 Å². The molecule has 0 bridgehead atoms. The van der Waals surface area contributed by atoms with Gasteiger partial charge in [0.25, 0.3) is 11.5 Å². The Hall–Kier alpha value is -2.89. The number of aromatic nitrogens is 1. The van der Waals surface area contributed by atoms with E-state index in [2.05, 4.69) is 5.32 Å². The molecular formula is C14H12N2O4. The molecule has 20 heavy (non-hydrogen) atoms. The Kier molecular flexibility index (Phi) is 3.65. The van der Waals surface area contributed by atoms with Crippen molar-refractivity contribution in [1.29, 1.82) is 0 Å². The fraction of sp³-hybridized carbons (Fsp3) is 0.0714. The van der Waals surface area contributed by atoms with Crippen LogP contribution in [0.15, 0.2) is 47.4 Å². The topological polar surface area (TPSA) is 88.4 Å². The summed E-state index contributed by atoms with van der Waals surface area (Å²) in [6.07, 6.45) is 1.50. The summed E-state index contributed by atoms with van der Waals surface area (Å²) in [6.45, 7) is 0. The molecule has 0 radical (unpaired) electrons. The second kappa shape index (κ2) is 5.40. The Bertz CT molecular complexity index is 717. The number of aromatic carboxylic acids is 1. The molecule has 1 heterocycles. The Morgan fingerprint density at radius 3 is 2.30 bits per heavy atom. The van der Waals surface area contributed by atoms with Crippen molar-refractivity contribution in [3.8, 4) is 0 Å². The molecule has 2 rings (SSSR count). The normalized spacial score (nSPS) is 10.1. The number of carbonyl (C=O) groups excluding carboxylic acids is 1. The number of hydrogen-bond donors (Lipinski definition) is 2. The van der Waals surface area contributed by atoms with Crippen LogP contribution in [0.4, 0.5) is 5.69 Å². The van der Waals surface area contributed by atoms with Crippen LogP contribution in [-0.4, -0.2) is 21.6 Å². The number of nitrogens with one attached hydrogen (secondary N) is 1. The van der Waals surface area contributed by atoms with E-state index in [0.717, 1.165) is 0 Å². The van der Waals surface area contributed by atoms with E-state index in [4.69, 9.17) is 5.11 Å². The highest BCUT2D eigenvalue weighted by atomic mass is 16.4. The van der Waals surface area contributed by atoms with Crippen molar-refractivity contribution in [2.24, 2.45) is 7.05 Å². The van der Waals surface area contributed by atoms with Gasteiger partial charge in [0.05, 0.1) is 5.56 Å². The molecule has 2 aromatic rings. The van der Waals surface area contributed by atoms with Gasteiger partial charge in [-0.05, 0) is 30.3 Å². The number of carboxylic acids is 1. The van der Waals surface area contributed by atoms with Crippen LogP contribution in [0.3, 0.4) is 0 Å². The first kappa shape index (κ1) is 13.5. The number of amides is 1. The van der Waals surface area contributed by atoms with E-state index in [1.807, 2.05) is 0 Å². The number of pyridine rings is 1. The first-order chi connectivity index (χ1) is 9.47. The van der Waals surface area contributed by atoms with Gasteiger partial charge in [-0.3, -0.25) is 9.59 Å². The van der Waals surface area contributed by atoms with Crippen LogP contribution in [-0.2, 0) is 7.05 Å². The van der Waals surface area contributed by atoms with Crippen molar-refractivity contribution in [3.63, 3.8) is 0 Å². The maximum atomic E-state index is 11.9. The second-order valence-electron chi connectivity index (χ2n) is 4.20. The predicted octanol–water partition coefficient (Wildman–Crippen LogP) is 1.34. The highest BCUT2D eigenvalue weighted by molar-refractivity contribution is 6.04. The van der Waals surface area contributed by atoms with Gasteiger partial charge < -0.3 is 15.0 Å². The van der Waals surface area contributed by atoms with E-state index in [1.54, 1.807) is 7.05 Å². The molecule has 0 spiro atoms. The average Bonchev–Trinajstić information content (AvgIpc) is 2.42. The van der Waals surface area contributed by atoms with E-state index >= 15 is 0 Å². The molecule has 0 fully saturated rings. The number of nitrogens with zero attached hydrogens (tertiary/aromatic N) is 1. The van der Waals surface area contributed by atoms with Crippen LogP contribution in [0, 0.1) is 0 Å². The lowest BCUT2D eigenvalue weighted by molar-refractivity contribution is 0.0696. The van der Waals surface area contributed by atoms with Crippen molar-refractivity contribution in [2.45, 2.75) is 0 Å². The van der Waals surface area contributed by atoms with Crippen LogP contribution in [0.5, 0.6) is 0 Å². The largest absolute Gasteiger partial charge is 0.478 e. The third-order valence-electron chi connectivity index (χ3n) is 2.76. The molecule has 1 aromatic carbocycles. The van der Waals surface area contributed by atoms with Gasteiger partial charge in [-0.2, -0.15) is 0 Å². The quantitative estimate of drug-likeness (QED) is 0.882. The zero-order valence-corrected chi connectivity index (χ0v) is 10.7. The molecule has 0 atom stereocenters. The molecule has 1 aromatic heterocycles. The lowest BCUT2D eigenvalue weighted by Gasteiger charge is -2.06. The Morgan fingerprint density at radius 2 is 1.75 bits per heavy atom. The van der Waals surface area contributed by atoms with Gasteiger partial charge in [0.2, 0.25) is 0 Å². The SMILES string of the molecule is Cn1ccc(C(=O)Nc2ccc(C(=O)O)cc2)cc1=O. The standard InChI is InChI=1S/C14H12N2O4/c1-16-7-6-10(8-12(16)17)13(18)15-11-4-2-9(3-5-11)14(19)20/h2-8H,1H3,(H,15,18)(H,19,20). The molecule has 6 heteroatoms. The van der Waals surface area contributed by atoms with E-state index in [1.165, 1.54) is 47.2 Å². The van der Waals surface area contributed by atoms with Gasteiger partial charge >= 0.3 is 5.97 Å². The highest BCUT2D eigenvalue weighted by Gasteiger charge is 2.08. The van der Waals surface area contributed by atoms with Crippen molar-refractivity contribution in [3.05, 3.63) is 64.1 Å². The molecule has 2 N–H and O–H groups in total. The molecule has 0 aliphatic heterocycles. The summed E-state index contributed by atoms with van der Waals surface area (Å²) >= 11 is 0. The number of benzene rings is 1. The summed E-state index contributed by atoms with van der Waals surface area (Å²) in [5, 5.41) is 11.4. The lowest BCUT2D eigenvalue weighted by atomic mass is 10.2.